The lowest BCUT2D eigenvalue weighted by atomic mass is 10.0. The number of anilines is 1. The molecule has 0 aromatic carbocycles. The molecular weight excluding hydrogens is 394 g/mol. The van der Waals surface area contributed by atoms with E-state index in [1.54, 1.807) is 19.2 Å². The highest BCUT2D eigenvalue weighted by Crippen LogP contribution is 2.37. The van der Waals surface area contributed by atoms with Crippen molar-refractivity contribution in [3.63, 3.8) is 0 Å². The summed E-state index contributed by atoms with van der Waals surface area (Å²) in [5.74, 6) is -1.88. The Kier molecular flexibility index (Phi) is 5.37. The predicted octanol–water partition coefficient (Wildman–Crippen LogP) is 0.223. The summed E-state index contributed by atoms with van der Waals surface area (Å²) in [5.41, 5.74) is 5.69. The van der Waals surface area contributed by atoms with Crippen molar-refractivity contribution in [3.8, 4) is 0 Å². The number of carbonyl (C=O) groups excluding carboxylic acids is 2. The molecule has 0 bridgehead atoms. The van der Waals surface area contributed by atoms with E-state index in [9.17, 15) is 19.5 Å². The van der Waals surface area contributed by atoms with Crippen molar-refractivity contribution in [2.24, 2.45) is 5.16 Å². The van der Waals surface area contributed by atoms with Crippen LogP contribution in [0.2, 0.25) is 0 Å². The minimum Gasteiger partial charge on any atom is -0.477 e. The highest BCUT2D eigenvalue weighted by atomic mass is 32.2. The third kappa shape index (κ3) is 3.76. The number of fused-ring (bicyclic) bond motifs is 1. The molecule has 12 heteroatoms. The molecule has 1 aromatic rings. The number of carboxylic acids is 1. The zero-order valence-corrected chi connectivity index (χ0v) is 16.0. The van der Waals surface area contributed by atoms with Crippen LogP contribution in [-0.2, 0) is 19.2 Å². The van der Waals surface area contributed by atoms with Crippen LogP contribution in [-0.4, -0.2) is 61.8 Å². The molecule has 0 aliphatic carbocycles. The molecule has 3 heterocycles. The summed E-state index contributed by atoms with van der Waals surface area (Å²) in [6.07, 6.45) is 1.21. The van der Waals surface area contributed by atoms with Crippen molar-refractivity contribution in [2.75, 3.05) is 11.5 Å². The fraction of sp³-hybridized carbons (Fsp3) is 0.400. The number of amides is 2. The number of carbonyl (C=O) groups is 3. The molecule has 0 spiro atoms. The van der Waals surface area contributed by atoms with E-state index in [1.807, 2.05) is 0 Å². The highest BCUT2D eigenvalue weighted by Gasteiger charge is 2.53. The zero-order valence-electron chi connectivity index (χ0n) is 14.4. The minimum atomic E-state index is -1.18. The highest BCUT2D eigenvalue weighted by molar-refractivity contribution is 8.00. The van der Waals surface area contributed by atoms with Crippen molar-refractivity contribution < 1.29 is 24.3 Å². The second-order valence-corrected chi connectivity index (χ2v) is 7.98. The van der Waals surface area contributed by atoms with Crippen LogP contribution in [0.4, 0.5) is 5.13 Å². The summed E-state index contributed by atoms with van der Waals surface area (Å²) in [7, 11) is 0. The van der Waals surface area contributed by atoms with Crippen molar-refractivity contribution in [1.82, 2.24) is 15.2 Å². The molecule has 4 N–H and O–H groups in total. The average Bonchev–Trinajstić information content (AvgIpc) is 3.04. The lowest BCUT2D eigenvalue weighted by Crippen LogP contribution is -2.70. The van der Waals surface area contributed by atoms with Crippen LogP contribution >= 0.6 is 23.1 Å². The number of hydrogen-bond donors (Lipinski definition) is 3. The summed E-state index contributed by atoms with van der Waals surface area (Å²) in [6, 6.07) is -0.856. The number of aromatic nitrogens is 1. The average molecular weight is 411 g/mol. The first-order valence-electron chi connectivity index (χ1n) is 7.93. The number of thiazole rings is 1. The molecular formula is C15H17N5O5S2. The van der Waals surface area contributed by atoms with Gasteiger partial charge in [-0.3, -0.25) is 14.5 Å². The first-order valence-corrected chi connectivity index (χ1v) is 9.86. The fourth-order valence-electron chi connectivity index (χ4n) is 2.51. The number of aliphatic carboxylic acids is 1. The van der Waals surface area contributed by atoms with E-state index in [0.29, 0.717) is 5.75 Å². The lowest BCUT2D eigenvalue weighted by Gasteiger charge is -2.48. The molecule has 2 aliphatic heterocycles. The molecule has 27 heavy (non-hydrogen) atoms. The summed E-state index contributed by atoms with van der Waals surface area (Å²) < 4.78 is 0. The third-order valence-corrected chi connectivity index (χ3v) is 5.54. The van der Waals surface area contributed by atoms with E-state index >= 15 is 0 Å². The van der Waals surface area contributed by atoms with Crippen molar-refractivity contribution in [1.29, 1.82) is 0 Å². The van der Waals surface area contributed by atoms with Gasteiger partial charge in [-0.25, -0.2) is 9.78 Å². The van der Waals surface area contributed by atoms with Gasteiger partial charge in [0.15, 0.2) is 10.8 Å². The fourth-order valence-corrected chi connectivity index (χ4v) is 4.25. The number of oxime groups is 1. The van der Waals surface area contributed by atoms with Crippen LogP contribution in [0.1, 0.15) is 19.5 Å². The predicted molar refractivity (Wildman–Crippen MR) is 100 cm³/mol. The molecule has 1 fully saturated rings. The van der Waals surface area contributed by atoms with E-state index in [-0.39, 0.29) is 28.3 Å². The molecule has 2 amide bonds. The summed E-state index contributed by atoms with van der Waals surface area (Å²) in [4.78, 5) is 46.7. The maximum Gasteiger partial charge on any atom is 0.352 e. The van der Waals surface area contributed by atoms with Crippen LogP contribution in [0, 0.1) is 0 Å². The van der Waals surface area contributed by atoms with Gasteiger partial charge < -0.3 is 21.0 Å². The molecule has 1 saturated heterocycles. The van der Waals surface area contributed by atoms with Gasteiger partial charge in [0.1, 0.15) is 28.9 Å². The van der Waals surface area contributed by atoms with Gasteiger partial charge >= 0.3 is 5.97 Å². The van der Waals surface area contributed by atoms with Gasteiger partial charge in [0.05, 0.1) is 0 Å². The van der Waals surface area contributed by atoms with E-state index in [2.05, 4.69) is 15.5 Å². The number of rotatable bonds is 6. The maximum atomic E-state index is 12.7. The molecule has 2 unspecified atom stereocenters. The Labute approximate surface area is 162 Å². The van der Waals surface area contributed by atoms with Gasteiger partial charge in [0, 0.05) is 11.1 Å². The monoisotopic (exact) mass is 411 g/mol. The number of nitrogen functional groups attached to an aromatic ring is 1. The van der Waals surface area contributed by atoms with Gasteiger partial charge in [-0.2, -0.15) is 0 Å². The number of nitrogens with two attached hydrogens (primary N) is 1. The molecule has 144 valence electrons. The lowest BCUT2D eigenvalue weighted by molar-refractivity contribution is -0.150. The Balaban J connectivity index is 1.77. The van der Waals surface area contributed by atoms with E-state index in [0.717, 1.165) is 11.3 Å². The smallest absolute Gasteiger partial charge is 0.352 e. The van der Waals surface area contributed by atoms with Crippen LogP contribution in [0.5, 0.6) is 0 Å². The maximum absolute atomic E-state index is 12.7. The first kappa shape index (κ1) is 19.2. The third-order valence-electron chi connectivity index (χ3n) is 3.69. The standard InChI is InChI=1S/C15H17N5O5S2/c1-6(2)25-19-9(7-5-27-15(16)17-7)11(21)18-10-12(22)20-8(14(23)24)3-4-26-13(10)20/h3,5-6,10,13H,4H2,1-2H3,(H2,16,17)(H,18,21)(H,23,24)/b19-9-. The number of nitrogens with one attached hydrogen (secondary N) is 1. The number of β-lactam (4-membered cyclic amide) rings is 1. The van der Waals surface area contributed by atoms with Crippen molar-refractivity contribution >= 4 is 51.7 Å². The molecule has 0 saturated carbocycles. The minimum absolute atomic E-state index is 0.0708. The van der Waals surface area contributed by atoms with E-state index in [4.69, 9.17) is 10.6 Å². The normalized spacial score (nSPS) is 22.0. The van der Waals surface area contributed by atoms with Gasteiger partial charge in [-0.15, -0.1) is 23.1 Å². The van der Waals surface area contributed by atoms with Crippen LogP contribution in [0.15, 0.2) is 22.3 Å². The summed E-state index contributed by atoms with van der Waals surface area (Å²) in [6.45, 7) is 3.50. The number of hydrogen-bond acceptors (Lipinski definition) is 9. The molecule has 10 nitrogen and oxygen atoms in total. The Hall–Kier alpha value is -2.60. The van der Waals surface area contributed by atoms with Gasteiger partial charge in [0.2, 0.25) is 0 Å². The summed E-state index contributed by atoms with van der Waals surface area (Å²) in [5, 5.41) is 17.0. The van der Waals surface area contributed by atoms with E-state index in [1.165, 1.54) is 22.7 Å². The largest absolute Gasteiger partial charge is 0.477 e. The molecule has 0 radical (unpaired) electrons. The van der Waals surface area contributed by atoms with E-state index < -0.39 is 29.2 Å². The van der Waals surface area contributed by atoms with Crippen LogP contribution < -0.4 is 11.1 Å². The van der Waals surface area contributed by atoms with Crippen LogP contribution in [0.25, 0.3) is 0 Å². The first-order chi connectivity index (χ1) is 12.8. The Bertz CT molecular complexity index is 849. The SMILES string of the molecule is CC(C)O/N=C(\C(=O)NC1C(=O)N2C(C(=O)O)=CCSC12)c1csc(N)n1. The Morgan fingerprint density at radius 1 is 1.52 bits per heavy atom. The van der Waals surface area contributed by atoms with Gasteiger partial charge in [-0.1, -0.05) is 5.16 Å². The summed E-state index contributed by atoms with van der Waals surface area (Å²) >= 11 is 2.51. The quantitative estimate of drug-likeness (QED) is 0.342. The number of carboxylic acid groups (broad SMARTS) is 1. The zero-order chi connectivity index (χ0) is 19.7. The Morgan fingerprint density at radius 3 is 2.85 bits per heavy atom. The van der Waals surface area contributed by atoms with Crippen molar-refractivity contribution in [3.05, 3.63) is 22.8 Å². The van der Waals surface area contributed by atoms with Gasteiger partial charge in [0.25, 0.3) is 11.8 Å². The molecule has 3 rings (SSSR count). The van der Waals surface area contributed by atoms with Crippen LogP contribution in [0.3, 0.4) is 0 Å². The van der Waals surface area contributed by atoms with Crippen molar-refractivity contribution in [2.45, 2.75) is 31.4 Å². The second kappa shape index (κ2) is 7.56. The molecule has 2 atom stereocenters. The number of thioether (sulfide) groups is 1. The molecule has 1 aromatic heterocycles. The molecule has 2 aliphatic rings. The topological polar surface area (TPSA) is 147 Å². The number of nitrogens with zero attached hydrogens (tertiary/aromatic N) is 3. The van der Waals surface area contributed by atoms with Gasteiger partial charge in [-0.05, 0) is 19.9 Å². The second-order valence-electron chi connectivity index (χ2n) is 5.94. The Morgan fingerprint density at radius 2 is 2.26 bits per heavy atom.